The Labute approximate surface area is 106 Å². The highest BCUT2D eigenvalue weighted by Gasteiger charge is 2.39. The fraction of sp³-hybridized carbons (Fsp3) is 1.00. The molecule has 0 aromatic rings. The van der Waals surface area contributed by atoms with Gasteiger partial charge in [-0.2, -0.15) is 0 Å². The van der Waals surface area contributed by atoms with Crippen molar-refractivity contribution < 1.29 is 0 Å². The lowest BCUT2D eigenvalue weighted by molar-refractivity contribution is 0.239. The summed E-state index contributed by atoms with van der Waals surface area (Å²) in [6.07, 6.45) is 11.9. The van der Waals surface area contributed by atoms with Crippen LogP contribution in [0, 0.1) is 11.3 Å². The Morgan fingerprint density at radius 3 is 2.76 bits per heavy atom. The van der Waals surface area contributed by atoms with E-state index in [-0.39, 0.29) is 0 Å². The minimum absolute atomic E-state index is 0.673. The molecule has 0 radical (unpaired) electrons. The van der Waals surface area contributed by atoms with Gasteiger partial charge in [0.25, 0.3) is 0 Å². The van der Waals surface area contributed by atoms with Gasteiger partial charge in [0.05, 0.1) is 0 Å². The zero-order chi connectivity index (χ0) is 11.6. The number of rotatable bonds is 3. The van der Waals surface area contributed by atoms with Crippen molar-refractivity contribution in [3.05, 3.63) is 0 Å². The molecule has 98 valence electrons. The standard InChI is InChI=1S/C15H28N2/c1-2-4-14(5-3-1)6-10-17-11-8-15(13-17)7-9-16-12-15/h14,16H,1-13H2. The van der Waals surface area contributed by atoms with Gasteiger partial charge in [-0.3, -0.25) is 0 Å². The summed E-state index contributed by atoms with van der Waals surface area (Å²) in [5, 5.41) is 3.55. The molecule has 3 aliphatic rings. The summed E-state index contributed by atoms with van der Waals surface area (Å²) >= 11 is 0. The Balaban J connectivity index is 1.41. The van der Waals surface area contributed by atoms with E-state index < -0.39 is 0 Å². The number of hydrogen-bond donors (Lipinski definition) is 1. The number of nitrogens with one attached hydrogen (secondary N) is 1. The molecule has 2 aliphatic heterocycles. The van der Waals surface area contributed by atoms with Crippen molar-refractivity contribution in [3.8, 4) is 0 Å². The van der Waals surface area contributed by atoms with E-state index >= 15 is 0 Å². The molecule has 1 saturated carbocycles. The fourth-order valence-corrected chi connectivity index (χ4v) is 4.20. The van der Waals surface area contributed by atoms with Crippen molar-refractivity contribution in [1.29, 1.82) is 0 Å². The van der Waals surface area contributed by atoms with Gasteiger partial charge in [-0.15, -0.1) is 0 Å². The number of hydrogen-bond acceptors (Lipinski definition) is 2. The molecule has 3 rings (SSSR count). The maximum atomic E-state index is 3.55. The third-order valence-corrected chi connectivity index (χ3v) is 5.43. The summed E-state index contributed by atoms with van der Waals surface area (Å²) in [4.78, 5) is 2.75. The predicted octanol–water partition coefficient (Wildman–Crippen LogP) is 2.64. The molecule has 1 N–H and O–H groups in total. The molecule has 0 amide bonds. The monoisotopic (exact) mass is 236 g/mol. The normalized spacial score (nSPS) is 36.0. The Morgan fingerprint density at radius 1 is 1.12 bits per heavy atom. The van der Waals surface area contributed by atoms with Crippen molar-refractivity contribution in [3.63, 3.8) is 0 Å². The smallest absolute Gasteiger partial charge is 0.00511 e. The summed E-state index contributed by atoms with van der Waals surface area (Å²) in [5.74, 6) is 1.06. The van der Waals surface area contributed by atoms with E-state index in [1.165, 1.54) is 84.1 Å². The van der Waals surface area contributed by atoms with Gasteiger partial charge in [-0.1, -0.05) is 32.1 Å². The predicted molar refractivity (Wildman–Crippen MR) is 72.2 cm³/mol. The lowest BCUT2D eigenvalue weighted by atomic mass is 9.86. The molecule has 2 saturated heterocycles. The molecule has 1 atom stereocenters. The van der Waals surface area contributed by atoms with Gasteiger partial charge >= 0.3 is 0 Å². The summed E-state index contributed by atoms with van der Waals surface area (Å²) in [6, 6.07) is 0. The molecule has 0 aromatic carbocycles. The second kappa shape index (κ2) is 5.27. The number of likely N-dealkylation sites (tertiary alicyclic amines) is 1. The Morgan fingerprint density at radius 2 is 2.00 bits per heavy atom. The third-order valence-electron chi connectivity index (χ3n) is 5.43. The average Bonchev–Trinajstić information content (AvgIpc) is 2.99. The van der Waals surface area contributed by atoms with E-state index in [0.717, 1.165) is 5.92 Å². The largest absolute Gasteiger partial charge is 0.316 e. The van der Waals surface area contributed by atoms with Crippen LogP contribution in [0.4, 0.5) is 0 Å². The highest BCUT2D eigenvalue weighted by Crippen LogP contribution is 2.36. The van der Waals surface area contributed by atoms with Gasteiger partial charge in [-0.05, 0) is 50.2 Å². The van der Waals surface area contributed by atoms with Crippen molar-refractivity contribution >= 4 is 0 Å². The summed E-state index contributed by atoms with van der Waals surface area (Å²) in [7, 11) is 0. The highest BCUT2D eigenvalue weighted by molar-refractivity contribution is 4.95. The summed E-state index contributed by atoms with van der Waals surface area (Å²) in [6.45, 7) is 6.68. The molecule has 0 bridgehead atoms. The van der Waals surface area contributed by atoms with Crippen molar-refractivity contribution in [1.82, 2.24) is 10.2 Å². The van der Waals surface area contributed by atoms with Crippen LogP contribution in [-0.2, 0) is 0 Å². The molecule has 17 heavy (non-hydrogen) atoms. The fourth-order valence-electron chi connectivity index (χ4n) is 4.20. The molecular formula is C15H28N2. The lowest BCUT2D eigenvalue weighted by Gasteiger charge is -2.26. The van der Waals surface area contributed by atoms with Gasteiger partial charge in [0.15, 0.2) is 0 Å². The quantitative estimate of drug-likeness (QED) is 0.810. The zero-order valence-corrected chi connectivity index (χ0v) is 11.2. The van der Waals surface area contributed by atoms with Crippen LogP contribution >= 0.6 is 0 Å². The van der Waals surface area contributed by atoms with Gasteiger partial charge in [-0.25, -0.2) is 0 Å². The first kappa shape index (κ1) is 12.0. The molecule has 1 unspecified atom stereocenters. The highest BCUT2D eigenvalue weighted by atomic mass is 15.2. The SMILES string of the molecule is C1CCC(CCN2CCC3(CCNC3)C2)CC1. The van der Waals surface area contributed by atoms with Crippen LogP contribution in [-0.4, -0.2) is 37.6 Å². The zero-order valence-electron chi connectivity index (χ0n) is 11.2. The Kier molecular flexibility index (Phi) is 3.72. The second-order valence-corrected chi connectivity index (χ2v) is 6.75. The van der Waals surface area contributed by atoms with Crippen molar-refractivity contribution in [2.45, 2.75) is 51.4 Å². The lowest BCUT2D eigenvalue weighted by Crippen LogP contribution is -2.30. The second-order valence-electron chi connectivity index (χ2n) is 6.75. The van der Waals surface area contributed by atoms with E-state index in [1.54, 1.807) is 0 Å². The van der Waals surface area contributed by atoms with Crippen LogP contribution in [0.15, 0.2) is 0 Å². The minimum atomic E-state index is 0.673. The van der Waals surface area contributed by atoms with E-state index in [9.17, 15) is 0 Å². The van der Waals surface area contributed by atoms with E-state index in [2.05, 4.69) is 10.2 Å². The van der Waals surface area contributed by atoms with Gasteiger partial charge in [0, 0.05) is 13.1 Å². The molecular weight excluding hydrogens is 208 g/mol. The minimum Gasteiger partial charge on any atom is -0.316 e. The molecule has 3 fully saturated rings. The first-order chi connectivity index (χ1) is 8.36. The molecule has 2 nitrogen and oxygen atoms in total. The van der Waals surface area contributed by atoms with E-state index in [0.29, 0.717) is 5.41 Å². The van der Waals surface area contributed by atoms with Crippen molar-refractivity contribution in [2.75, 3.05) is 32.7 Å². The topological polar surface area (TPSA) is 15.3 Å². The van der Waals surface area contributed by atoms with Crippen LogP contribution in [0.5, 0.6) is 0 Å². The van der Waals surface area contributed by atoms with E-state index in [1.807, 2.05) is 0 Å². The van der Waals surface area contributed by atoms with Gasteiger partial charge in [0.1, 0.15) is 0 Å². The molecule has 1 spiro atoms. The molecule has 2 heteroatoms. The molecule has 0 aromatic heterocycles. The van der Waals surface area contributed by atoms with Crippen LogP contribution in [0.1, 0.15) is 51.4 Å². The van der Waals surface area contributed by atoms with Gasteiger partial charge in [0.2, 0.25) is 0 Å². The summed E-state index contributed by atoms with van der Waals surface area (Å²) < 4.78 is 0. The van der Waals surface area contributed by atoms with E-state index in [4.69, 9.17) is 0 Å². The average molecular weight is 236 g/mol. The van der Waals surface area contributed by atoms with Crippen LogP contribution in [0.25, 0.3) is 0 Å². The van der Waals surface area contributed by atoms with Crippen LogP contribution in [0.2, 0.25) is 0 Å². The van der Waals surface area contributed by atoms with Crippen LogP contribution in [0.3, 0.4) is 0 Å². The third kappa shape index (κ3) is 2.85. The maximum absolute atomic E-state index is 3.55. The molecule has 2 heterocycles. The first-order valence-corrected chi connectivity index (χ1v) is 7.79. The summed E-state index contributed by atoms with van der Waals surface area (Å²) in [5.41, 5.74) is 0.673. The number of nitrogens with zero attached hydrogens (tertiary/aromatic N) is 1. The first-order valence-electron chi connectivity index (χ1n) is 7.79. The Bertz CT molecular complexity index is 239. The van der Waals surface area contributed by atoms with Gasteiger partial charge < -0.3 is 10.2 Å². The maximum Gasteiger partial charge on any atom is 0.00511 e. The van der Waals surface area contributed by atoms with Crippen LogP contribution < -0.4 is 5.32 Å². The van der Waals surface area contributed by atoms with Crippen molar-refractivity contribution in [2.24, 2.45) is 11.3 Å². The molecule has 1 aliphatic carbocycles. The Hall–Kier alpha value is -0.0800.